The third kappa shape index (κ3) is 3.30. The van der Waals surface area contributed by atoms with Crippen LogP contribution in [-0.2, 0) is 20.3 Å². The van der Waals surface area contributed by atoms with E-state index in [2.05, 4.69) is 18.3 Å². The van der Waals surface area contributed by atoms with Gasteiger partial charge in [0.2, 0.25) is 0 Å². The summed E-state index contributed by atoms with van der Waals surface area (Å²) >= 11 is 6.40. The lowest BCUT2D eigenvalue weighted by Crippen LogP contribution is -2.41. The minimum atomic E-state index is -3.71. The molecule has 0 radical (unpaired) electrons. The molecule has 2 aromatic rings. The van der Waals surface area contributed by atoms with Gasteiger partial charge in [0, 0.05) is 24.2 Å². The number of ether oxygens (including phenoxy) is 1. The first-order valence-corrected chi connectivity index (χ1v) is 11.4. The van der Waals surface area contributed by atoms with Gasteiger partial charge in [-0.15, -0.1) is 0 Å². The Hall–Kier alpha value is -2.68. The largest absolute Gasteiger partial charge is 0.378 e. The molecule has 1 amide bonds. The van der Waals surface area contributed by atoms with Crippen molar-refractivity contribution < 1.29 is 17.9 Å². The van der Waals surface area contributed by atoms with Gasteiger partial charge in [-0.05, 0) is 12.1 Å². The van der Waals surface area contributed by atoms with E-state index in [0.29, 0.717) is 53.8 Å². The molecule has 1 saturated heterocycles. The van der Waals surface area contributed by atoms with Crippen LogP contribution in [0.3, 0.4) is 0 Å². The summed E-state index contributed by atoms with van der Waals surface area (Å²) in [5, 5.41) is 4.97. The number of hydrogen-bond acceptors (Lipinski definition) is 5. The van der Waals surface area contributed by atoms with Crippen LogP contribution >= 0.6 is 11.6 Å². The third-order valence-corrected chi connectivity index (χ3v) is 7.19. The van der Waals surface area contributed by atoms with Gasteiger partial charge in [0.15, 0.2) is 15.5 Å². The number of halogens is 1. The van der Waals surface area contributed by atoms with Crippen LogP contribution in [-0.4, -0.2) is 55.3 Å². The normalized spacial score (nSPS) is 18.1. The minimum absolute atomic E-state index is 0.0589. The highest BCUT2D eigenvalue weighted by atomic mass is 35.5. The maximum atomic E-state index is 13.3. The first-order valence-electron chi connectivity index (χ1n) is 9.35. The summed E-state index contributed by atoms with van der Waals surface area (Å²) < 4.78 is 32.7. The molecule has 156 valence electrons. The molecule has 1 aromatic heterocycles. The van der Waals surface area contributed by atoms with Crippen LogP contribution in [0.15, 0.2) is 54.5 Å². The van der Waals surface area contributed by atoms with E-state index in [1.54, 1.807) is 29.2 Å². The third-order valence-electron chi connectivity index (χ3n) is 5.14. The highest BCUT2D eigenvalue weighted by molar-refractivity contribution is 7.95. The zero-order valence-corrected chi connectivity index (χ0v) is 17.7. The SMILES string of the molecule is C=CC1=C(C=C)S(=O)(=O)Cc2c(C(=O)N3CCOCC3)nn(-c3ccccc3Cl)c21. The van der Waals surface area contributed by atoms with Gasteiger partial charge in [-0.2, -0.15) is 5.10 Å². The van der Waals surface area contributed by atoms with Gasteiger partial charge in [-0.1, -0.05) is 49.0 Å². The van der Waals surface area contributed by atoms with Crippen molar-refractivity contribution >= 4 is 32.9 Å². The number of allylic oxidation sites excluding steroid dienone is 3. The number of sulfone groups is 1. The number of morpholine rings is 1. The van der Waals surface area contributed by atoms with Crippen LogP contribution in [0.4, 0.5) is 0 Å². The number of rotatable bonds is 4. The fourth-order valence-corrected chi connectivity index (χ4v) is 5.53. The molecular formula is C21H20ClN3O4S. The van der Waals surface area contributed by atoms with Gasteiger partial charge in [0.05, 0.1) is 40.3 Å². The number of fused-ring (bicyclic) bond motifs is 1. The highest BCUT2D eigenvalue weighted by Gasteiger charge is 2.37. The first-order chi connectivity index (χ1) is 14.4. The summed E-state index contributed by atoms with van der Waals surface area (Å²) in [7, 11) is -3.71. The number of hydrogen-bond donors (Lipinski definition) is 0. The predicted molar refractivity (Wildman–Crippen MR) is 115 cm³/mol. The Morgan fingerprint density at radius 1 is 1.17 bits per heavy atom. The first kappa shape index (κ1) is 20.6. The average Bonchev–Trinajstić information content (AvgIpc) is 3.10. The molecule has 2 aliphatic heterocycles. The second kappa shape index (κ2) is 7.86. The van der Waals surface area contributed by atoms with Crippen molar-refractivity contribution in [3.05, 3.63) is 76.5 Å². The quantitative estimate of drug-likeness (QED) is 0.722. The van der Waals surface area contributed by atoms with E-state index in [-0.39, 0.29) is 22.3 Å². The molecule has 1 aromatic carbocycles. The van der Waals surface area contributed by atoms with Gasteiger partial charge in [0.1, 0.15) is 0 Å². The van der Waals surface area contributed by atoms with Gasteiger partial charge < -0.3 is 9.64 Å². The fourth-order valence-electron chi connectivity index (χ4n) is 3.74. The second-order valence-electron chi connectivity index (χ2n) is 6.89. The van der Waals surface area contributed by atoms with E-state index >= 15 is 0 Å². The van der Waals surface area contributed by atoms with E-state index in [1.807, 2.05) is 0 Å². The van der Waals surface area contributed by atoms with Gasteiger partial charge in [-0.3, -0.25) is 4.79 Å². The summed E-state index contributed by atoms with van der Waals surface area (Å²) in [4.78, 5) is 14.9. The van der Waals surface area contributed by atoms with Crippen molar-refractivity contribution in [3.8, 4) is 5.69 Å². The van der Waals surface area contributed by atoms with Gasteiger partial charge in [-0.25, -0.2) is 13.1 Å². The van der Waals surface area contributed by atoms with Gasteiger partial charge >= 0.3 is 0 Å². The standard InChI is InChI=1S/C21H20ClN3O4S/c1-3-14-18(4-2)30(27,28)13-15-19(21(26)24-9-11-29-12-10-24)23-25(20(14)15)17-8-6-5-7-16(17)22/h3-8H,1-2,9-13H2. The smallest absolute Gasteiger partial charge is 0.274 e. The topological polar surface area (TPSA) is 81.5 Å². The number of carbonyl (C=O) groups excluding carboxylic acids is 1. The highest BCUT2D eigenvalue weighted by Crippen LogP contribution is 2.39. The summed E-state index contributed by atoms with van der Waals surface area (Å²) in [5.74, 6) is -0.683. The molecule has 0 spiro atoms. The van der Waals surface area contributed by atoms with Crippen molar-refractivity contribution in [3.63, 3.8) is 0 Å². The van der Waals surface area contributed by atoms with Crippen molar-refractivity contribution in [1.29, 1.82) is 0 Å². The molecule has 0 bridgehead atoms. The van der Waals surface area contributed by atoms with Crippen LogP contribution in [0.1, 0.15) is 21.7 Å². The average molecular weight is 446 g/mol. The van der Waals surface area contributed by atoms with Crippen LogP contribution in [0.5, 0.6) is 0 Å². The van der Waals surface area contributed by atoms with Gasteiger partial charge in [0.25, 0.3) is 5.91 Å². The zero-order chi connectivity index (χ0) is 21.5. The monoisotopic (exact) mass is 445 g/mol. The maximum absolute atomic E-state index is 13.3. The Kier molecular flexibility index (Phi) is 5.40. The van der Waals surface area contributed by atoms with Crippen molar-refractivity contribution in [1.82, 2.24) is 14.7 Å². The molecule has 0 aliphatic carbocycles. The Labute approximate surface area is 179 Å². The van der Waals surface area contributed by atoms with Crippen molar-refractivity contribution in [2.75, 3.05) is 26.3 Å². The molecule has 0 atom stereocenters. The van der Waals surface area contributed by atoms with Crippen LogP contribution in [0, 0.1) is 0 Å². The van der Waals surface area contributed by atoms with Crippen molar-refractivity contribution in [2.45, 2.75) is 5.75 Å². The fraction of sp³-hybridized carbons (Fsp3) is 0.238. The second-order valence-corrected chi connectivity index (χ2v) is 9.25. The Morgan fingerprint density at radius 3 is 2.50 bits per heavy atom. The molecular weight excluding hydrogens is 426 g/mol. The molecule has 9 heteroatoms. The minimum Gasteiger partial charge on any atom is -0.378 e. The van der Waals surface area contributed by atoms with E-state index < -0.39 is 9.84 Å². The lowest BCUT2D eigenvalue weighted by molar-refractivity contribution is 0.0298. The zero-order valence-electron chi connectivity index (χ0n) is 16.2. The summed E-state index contributed by atoms with van der Waals surface area (Å²) in [5.41, 5.74) is 1.81. The molecule has 1 fully saturated rings. The molecule has 0 N–H and O–H groups in total. The summed E-state index contributed by atoms with van der Waals surface area (Å²) in [6, 6.07) is 7.05. The van der Waals surface area contributed by atoms with E-state index in [4.69, 9.17) is 16.3 Å². The molecule has 4 rings (SSSR count). The van der Waals surface area contributed by atoms with Crippen molar-refractivity contribution in [2.24, 2.45) is 0 Å². The number of carbonyl (C=O) groups is 1. The van der Waals surface area contributed by atoms with Crippen LogP contribution in [0.2, 0.25) is 5.02 Å². The number of nitrogens with zero attached hydrogens (tertiary/aromatic N) is 3. The Balaban J connectivity index is 2.01. The lowest BCUT2D eigenvalue weighted by atomic mass is 10.0. The summed E-state index contributed by atoms with van der Waals surface area (Å²) in [6.07, 6.45) is 2.74. The maximum Gasteiger partial charge on any atom is 0.274 e. The van der Waals surface area contributed by atoms with E-state index in [1.165, 1.54) is 16.8 Å². The van der Waals surface area contributed by atoms with Crippen LogP contribution in [0.25, 0.3) is 11.3 Å². The number of benzene rings is 1. The Morgan fingerprint density at radius 2 is 1.87 bits per heavy atom. The van der Waals surface area contributed by atoms with E-state index in [0.717, 1.165) is 0 Å². The molecule has 0 unspecified atom stereocenters. The molecule has 30 heavy (non-hydrogen) atoms. The lowest BCUT2D eigenvalue weighted by Gasteiger charge is -2.26. The predicted octanol–water partition coefficient (Wildman–Crippen LogP) is 3.01. The number of amides is 1. The molecule has 3 heterocycles. The molecule has 0 saturated carbocycles. The molecule has 7 nitrogen and oxygen atoms in total. The summed E-state index contributed by atoms with van der Waals surface area (Å²) in [6.45, 7) is 9.14. The number of aromatic nitrogens is 2. The molecule has 2 aliphatic rings. The Bertz CT molecular complexity index is 1190. The van der Waals surface area contributed by atoms with E-state index in [9.17, 15) is 13.2 Å². The van der Waals surface area contributed by atoms with Crippen LogP contribution < -0.4 is 0 Å². The number of para-hydroxylation sites is 1.